The van der Waals surface area contributed by atoms with Gasteiger partial charge in [0, 0.05) is 18.4 Å². The van der Waals surface area contributed by atoms with Gasteiger partial charge in [-0.05, 0) is 48.9 Å². The number of ether oxygens (including phenoxy) is 1. The van der Waals surface area contributed by atoms with Crippen molar-refractivity contribution in [1.29, 1.82) is 0 Å². The third-order valence-electron chi connectivity index (χ3n) is 3.32. The molecule has 1 aromatic heterocycles. The predicted molar refractivity (Wildman–Crippen MR) is 84.7 cm³/mol. The number of nitrogens with two attached hydrogens (primary N) is 1. The fourth-order valence-corrected chi connectivity index (χ4v) is 2.06. The molecule has 1 heterocycles. The smallest absolute Gasteiger partial charge is 0.321 e. The van der Waals surface area contributed by atoms with E-state index in [4.69, 9.17) is 10.5 Å². The number of nitrogens with zero attached hydrogens (tertiary/aromatic N) is 2. The summed E-state index contributed by atoms with van der Waals surface area (Å²) >= 11 is 0. The zero-order valence-corrected chi connectivity index (χ0v) is 13.1. The van der Waals surface area contributed by atoms with E-state index in [0.29, 0.717) is 11.9 Å². The molecule has 0 bridgehead atoms. The van der Waals surface area contributed by atoms with Gasteiger partial charge in [0.2, 0.25) is 0 Å². The average Bonchev–Trinajstić information content (AvgIpc) is 2.42. The van der Waals surface area contributed by atoms with E-state index < -0.39 is 0 Å². The van der Waals surface area contributed by atoms with Gasteiger partial charge in [-0.25, -0.2) is 9.97 Å². The second-order valence-corrected chi connectivity index (χ2v) is 5.84. The first-order chi connectivity index (χ1) is 9.95. The minimum atomic E-state index is 0.102. The summed E-state index contributed by atoms with van der Waals surface area (Å²) in [6, 6.07) is 6.71. The molecule has 0 saturated carbocycles. The molecule has 1 atom stereocenters. The Balaban J connectivity index is 2.16. The van der Waals surface area contributed by atoms with Crippen LogP contribution >= 0.6 is 0 Å². The highest BCUT2D eigenvalue weighted by molar-refractivity contribution is 5.39. The lowest BCUT2D eigenvalue weighted by atomic mass is 10.0. The largest absolute Gasteiger partial charge is 0.424 e. The third kappa shape index (κ3) is 4.26. The molecule has 112 valence electrons. The SMILES string of the molecule is Cc1ccc(C(C)C)cc1Oc1ncc(CC(C)N)cn1. The van der Waals surface area contributed by atoms with Crippen LogP contribution in [-0.4, -0.2) is 16.0 Å². The summed E-state index contributed by atoms with van der Waals surface area (Å²) in [6.45, 7) is 8.30. The van der Waals surface area contributed by atoms with Gasteiger partial charge in [-0.1, -0.05) is 26.0 Å². The minimum absolute atomic E-state index is 0.102. The Morgan fingerprint density at radius 2 is 1.81 bits per heavy atom. The van der Waals surface area contributed by atoms with Crippen molar-refractivity contribution >= 4 is 0 Å². The maximum absolute atomic E-state index is 5.81. The maximum Gasteiger partial charge on any atom is 0.321 e. The highest BCUT2D eigenvalue weighted by Crippen LogP contribution is 2.27. The first kappa shape index (κ1) is 15.4. The van der Waals surface area contributed by atoms with Gasteiger partial charge in [-0.3, -0.25) is 0 Å². The van der Waals surface area contributed by atoms with Gasteiger partial charge >= 0.3 is 6.01 Å². The van der Waals surface area contributed by atoms with E-state index in [1.807, 2.05) is 13.8 Å². The second-order valence-electron chi connectivity index (χ2n) is 5.84. The van der Waals surface area contributed by atoms with Crippen LogP contribution in [0.3, 0.4) is 0 Å². The van der Waals surface area contributed by atoms with E-state index in [2.05, 4.69) is 42.0 Å². The molecule has 0 spiro atoms. The van der Waals surface area contributed by atoms with Crippen LogP contribution in [0, 0.1) is 6.92 Å². The Kier molecular flexibility index (Phi) is 4.91. The first-order valence-electron chi connectivity index (χ1n) is 7.30. The summed E-state index contributed by atoms with van der Waals surface area (Å²) in [5.41, 5.74) is 9.09. The first-order valence-corrected chi connectivity index (χ1v) is 7.30. The molecule has 4 nitrogen and oxygen atoms in total. The summed E-state index contributed by atoms with van der Waals surface area (Å²) in [4.78, 5) is 8.51. The zero-order valence-electron chi connectivity index (χ0n) is 13.1. The van der Waals surface area contributed by atoms with E-state index in [1.54, 1.807) is 12.4 Å². The number of aryl methyl sites for hydroxylation is 1. The topological polar surface area (TPSA) is 61.0 Å². The molecule has 0 amide bonds. The van der Waals surface area contributed by atoms with Crippen molar-refractivity contribution < 1.29 is 4.74 Å². The van der Waals surface area contributed by atoms with E-state index in [1.165, 1.54) is 5.56 Å². The quantitative estimate of drug-likeness (QED) is 0.912. The maximum atomic E-state index is 5.81. The van der Waals surface area contributed by atoms with Crippen molar-refractivity contribution in [2.45, 2.75) is 46.1 Å². The van der Waals surface area contributed by atoms with Crippen molar-refractivity contribution in [3.05, 3.63) is 47.3 Å². The van der Waals surface area contributed by atoms with Gasteiger partial charge in [-0.2, -0.15) is 0 Å². The molecule has 2 rings (SSSR count). The summed E-state index contributed by atoms with van der Waals surface area (Å²) in [5.74, 6) is 1.27. The van der Waals surface area contributed by atoms with Crippen molar-refractivity contribution in [1.82, 2.24) is 9.97 Å². The molecular formula is C17H23N3O. The monoisotopic (exact) mass is 285 g/mol. The summed E-state index contributed by atoms with van der Waals surface area (Å²) in [7, 11) is 0. The summed E-state index contributed by atoms with van der Waals surface area (Å²) in [6.07, 6.45) is 4.31. The molecule has 4 heteroatoms. The standard InChI is InChI=1S/C17H23N3O/c1-11(2)15-6-5-12(3)16(8-15)21-17-19-9-14(10-20-17)7-13(4)18/h5-6,8-11,13H,7,18H2,1-4H3. The molecule has 1 aromatic carbocycles. The predicted octanol–water partition coefficient (Wildman–Crippen LogP) is 3.59. The van der Waals surface area contributed by atoms with Crippen LogP contribution in [0.25, 0.3) is 0 Å². The van der Waals surface area contributed by atoms with Crippen molar-refractivity contribution in [2.24, 2.45) is 5.73 Å². The van der Waals surface area contributed by atoms with Crippen molar-refractivity contribution in [2.75, 3.05) is 0 Å². The Hall–Kier alpha value is -1.94. The molecule has 21 heavy (non-hydrogen) atoms. The van der Waals surface area contributed by atoms with E-state index >= 15 is 0 Å². The third-order valence-corrected chi connectivity index (χ3v) is 3.32. The van der Waals surface area contributed by atoms with Crippen LogP contribution in [0.4, 0.5) is 0 Å². The fraction of sp³-hybridized carbons (Fsp3) is 0.412. The molecule has 2 aromatic rings. The molecular weight excluding hydrogens is 262 g/mol. The van der Waals surface area contributed by atoms with Crippen molar-refractivity contribution in [3.8, 4) is 11.8 Å². The second kappa shape index (κ2) is 6.68. The lowest BCUT2D eigenvalue weighted by Gasteiger charge is -2.11. The van der Waals surface area contributed by atoms with Crippen molar-refractivity contribution in [3.63, 3.8) is 0 Å². The normalized spacial score (nSPS) is 12.5. The fourth-order valence-electron chi connectivity index (χ4n) is 2.06. The number of hydrogen-bond acceptors (Lipinski definition) is 4. The van der Waals surface area contributed by atoms with Crippen LogP contribution in [0.2, 0.25) is 0 Å². The number of rotatable bonds is 5. The Morgan fingerprint density at radius 1 is 1.14 bits per heavy atom. The highest BCUT2D eigenvalue weighted by atomic mass is 16.5. The van der Waals surface area contributed by atoms with Crippen LogP contribution in [0.5, 0.6) is 11.8 Å². The molecule has 0 radical (unpaired) electrons. The summed E-state index contributed by atoms with van der Waals surface area (Å²) in [5, 5.41) is 0. The van der Waals surface area contributed by atoms with Gasteiger partial charge in [0.15, 0.2) is 0 Å². The molecule has 0 aliphatic carbocycles. The van der Waals surface area contributed by atoms with Crippen LogP contribution in [0.1, 0.15) is 43.4 Å². The molecule has 0 aliphatic rings. The van der Waals surface area contributed by atoms with Crippen LogP contribution in [0.15, 0.2) is 30.6 Å². The van der Waals surface area contributed by atoms with E-state index in [9.17, 15) is 0 Å². The Bertz CT molecular complexity index is 591. The van der Waals surface area contributed by atoms with Crippen LogP contribution in [-0.2, 0) is 6.42 Å². The molecule has 2 N–H and O–H groups in total. The zero-order chi connectivity index (χ0) is 15.4. The van der Waals surface area contributed by atoms with Gasteiger partial charge in [0.25, 0.3) is 0 Å². The highest BCUT2D eigenvalue weighted by Gasteiger charge is 2.08. The number of hydrogen-bond donors (Lipinski definition) is 1. The molecule has 0 saturated heterocycles. The average molecular weight is 285 g/mol. The minimum Gasteiger partial charge on any atom is -0.424 e. The summed E-state index contributed by atoms with van der Waals surface area (Å²) < 4.78 is 5.81. The van der Waals surface area contributed by atoms with E-state index in [0.717, 1.165) is 23.3 Å². The number of benzene rings is 1. The number of aromatic nitrogens is 2. The van der Waals surface area contributed by atoms with Crippen LogP contribution < -0.4 is 10.5 Å². The molecule has 1 unspecified atom stereocenters. The Labute approximate surface area is 126 Å². The van der Waals surface area contributed by atoms with Gasteiger partial charge in [0.1, 0.15) is 5.75 Å². The lowest BCUT2D eigenvalue weighted by molar-refractivity contribution is 0.436. The Morgan fingerprint density at radius 3 is 2.38 bits per heavy atom. The van der Waals surface area contributed by atoms with Gasteiger partial charge in [0.05, 0.1) is 0 Å². The molecule has 0 aliphatic heterocycles. The van der Waals surface area contributed by atoms with Gasteiger partial charge < -0.3 is 10.5 Å². The molecule has 0 fully saturated rings. The lowest BCUT2D eigenvalue weighted by Crippen LogP contribution is -2.17. The van der Waals surface area contributed by atoms with Gasteiger partial charge in [-0.15, -0.1) is 0 Å². The van der Waals surface area contributed by atoms with E-state index in [-0.39, 0.29) is 6.04 Å².